The molecule has 1 saturated heterocycles. The summed E-state index contributed by atoms with van der Waals surface area (Å²) in [6.45, 7) is 1.84. The van der Waals surface area contributed by atoms with Gasteiger partial charge in [0.1, 0.15) is 5.75 Å². The molecule has 3 heterocycles. The average Bonchev–Trinajstić information content (AvgIpc) is 3.71. The minimum Gasteiger partial charge on any atom is -0.497 e. The number of nitrogens with zero attached hydrogens (tertiary/aromatic N) is 2. The highest BCUT2D eigenvalue weighted by molar-refractivity contribution is 5.93. The van der Waals surface area contributed by atoms with Gasteiger partial charge < -0.3 is 33.7 Å². The fourth-order valence-corrected chi connectivity index (χ4v) is 4.34. The Bertz CT molecular complexity index is 1250. The maximum absolute atomic E-state index is 13.4. The topological polar surface area (TPSA) is 112 Å². The number of benzene rings is 2. The van der Waals surface area contributed by atoms with Crippen molar-refractivity contribution >= 4 is 11.8 Å². The van der Waals surface area contributed by atoms with Crippen LogP contribution in [0.4, 0.5) is 0 Å². The molecule has 2 aromatic carbocycles. The van der Waals surface area contributed by atoms with Gasteiger partial charge in [-0.05, 0) is 42.7 Å². The van der Waals surface area contributed by atoms with Crippen molar-refractivity contribution in [1.29, 1.82) is 0 Å². The van der Waals surface area contributed by atoms with Crippen molar-refractivity contribution in [3.05, 3.63) is 59.8 Å². The summed E-state index contributed by atoms with van der Waals surface area (Å²) >= 11 is 0. The smallest absolute Gasteiger partial charge is 0.276 e. The number of hydrogen-bond acceptors (Lipinski definition) is 8. The van der Waals surface area contributed by atoms with Gasteiger partial charge in [-0.1, -0.05) is 23.4 Å². The lowest BCUT2D eigenvalue weighted by Gasteiger charge is -2.24. The highest BCUT2D eigenvalue weighted by Crippen LogP contribution is 2.32. The molecule has 0 bridgehead atoms. The number of fused-ring (bicyclic) bond motifs is 1. The summed E-state index contributed by atoms with van der Waals surface area (Å²) in [6.07, 6.45) is 1.90. The third-order valence-corrected chi connectivity index (χ3v) is 6.35. The summed E-state index contributed by atoms with van der Waals surface area (Å²) in [4.78, 5) is 27.6. The van der Waals surface area contributed by atoms with Crippen molar-refractivity contribution in [1.82, 2.24) is 15.4 Å². The zero-order valence-corrected chi connectivity index (χ0v) is 20.6. The molecule has 1 unspecified atom stereocenters. The summed E-state index contributed by atoms with van der Waals surface area (Å²) in [5, 5.41) is 6.91. The monoisotopic (exact) mass is 507 g/mol. The van der Waals surface area contributed by atoms with E-state index in [1.165, 1.54) is 0 Å². The Balaban J connectivity index is 1.21. The van der Waals surface area contributed by atoms with E-state index in [4.69, 9.17) is 23.5 Å². The first-order chi connectivity index (χ1) is 18.1. The minimum absolute atomic E-state index is 0.0644. The first kappa shape index (κ1) is 24.6. The summed E-state index contributed by atoms with van der Waals surface area (Å²) in [5.41, 5.74) is 1.83. The molecule has 5 rings (SSSR count). The van der Waals surface area contributed by atoms with Gasteiger partial charge in [-0.25, -0.2) is 0 Å². The third kappa shape index (κ3) is 6.03. The zero-order valence-electron chi connectivity index (χ0n) is 20.6. The summed E-state index contributed by atoms with van der Waals surface area (Å²) in [7, 11) is 1.59. The molecule has 10 heteroatoms. The minimum atomic E-state index is -0.308. The molecule has 1 fully saturated rings. The number of ether oxygens (including phenoxy) is 4. The van der Waals surface area contributed by atoms with Crippen LogP contribution in [0.25, 0.3) is 11.3 Å². The van der Waals surface area contributed by atoms with Crippen LogP contribution < -0.4 is 19.5 Å². The first-order valence-electron chi connectivity index (χ1n) is 12.3. The van der Waals surface area contributed by atoms with Crippen molar-refractivity contribution in [2.24, 2.45) is 0 Å². The number of rotatable bonds is 10. The van der Waals surface area contributed by atoms with Crippen molar-refractivity contribution in [3.63, 3.8) is 0 Å². The maximum Gasteiger partial charge on any atom is 0.276 e. The van der Waals surface area contributed by atoms with E-state index in [2.05, 4.69) is 10.5 Å². The van der Waals surface area contributed by atoms with Crippen LogP contribution in [0.2, 0.25) is 0 Å². The van der Waals surface area contributed by atoms with Gasteiger partial charge >= 0.3 is 0 Å². The molecular formula is C27H29N3O7. The van der Waals surface area contributed by atoms with Crippen LogP contribution in [0.5, 0.6) is 17.2 Å². The van der Waals surface area contributed by atoms with Crippen LogP contribution in [-0.4, -0.2) is 61.6 Å². The van der Waals surface area contributed by atoms with Gasteiger partial charge in [0.2, 0.25) is 12.7 Å². The predicted octanol–water partition coefficient (Wildman–Crippen LogP) is 3.41. The number of aromatic nitrogens is 1. The number of carbonyl (C=O) groups excluding carboxylic acids is 2. The van der Waals surface area contributed by atoms with Crippen molar-refractivity contribution in [3.8, 4) is 28.6 Å². The molecule has 1 atom stereocenters. The number of carbonyl (C=O) groups is 2. The lowest BCUT2D eigenvalue weighted by atomic mass is 10.1. The molecule has 2 aliphatic heterocycles. The lowest BCUT2D eigenvalue weighted by Crippen LogP contribution is -2.40. The zero-order chi connectivity index (χ0) is 25.6. The van der Waals surface area contributed by atoms with Crippen LogP contribution >= 0.6 is 0 Å². The van der Waals surface area contributed by atoms with Crippen LogP contribution in [0, 0.1) is 0 Å². The van der Waals surface area contributed by atoms with E-state index in [0.29, 0.717) is 42.7 Å². The van der Waals surface area contributed by atoms with Crippen LogP contribution in [0.1, 0.15) is 35.3 Å². The van der Waals surface area contributed by atoms with Gasteiger partial charge in [0, 0.05) is 44.3 Å². The second-order valence-electron chi connectivity index (χ2n) is 8.91. The van der Waals surface area contributed by atoms with Crippen LogP contribution in [-0.2, 0) is 16.1 Å². The largest absolute Gasteiger partial charge is 0.497 e. The van der Waals surface area contributed by atoms with E-state index in [0.717, 1.165) is 24.0 Å². The van der Waals surface area contributed by atoms with E-state index in [9.17, 15) is 9.59 Å². The quantitative estimate of drug-likeness (QED) is 0.444. The van der Waals surface area contributed by atoms with Gasteiger partial charge in [-0.15, -0.1) is 0 Å². The fraction of sp³-hybridized carbons (Fsp3) is 0.370. The van der Waals surface area contributed by atoms with Crippen molar-refractivity contribution < 1.29 is 33.1 Å². The molecule has 0 saturated carbocycles. The molecule has 194 valence electrons. The Kier molecular flexibility index (Phi) is 7.55. The molecule has 37 heavy (non-hydrogen) atoms. The highest BCUT2D eigenvalue weighted by atomic mass is 16.7. The molecule has 3 aromatic rings. The second-order valence-corrected chi connectivity index (χ2v) is 8.91. The van der Waals surface area contributed by atoms with Crippen molar-refractivity contribution in [2.45, 2.75) is 31.9 Å². The summed E-state index contributed by atoms with van der Waals surface area (Å²) in [5.74, 6) is 2.02. The Morgan fingerprint density at radius 1 is 1.14 bits per heavy atom. The second kappa shape index (κ2) is 11.3. The summed E-state index contributed by atoms with van der Waals surface area (Å²) in [6, 6.07) is 14.5. The molecule has 2 amide bonds. The van der Waals surface area contributed by atoms with E-state index in [1.807, 2.05) is 42.5 Å². The molecule has 10 nitrogen and oxygen atoms in total. The van der Waals surface area contributed by atoms with Crippen LogP contribution in [0.3, 0.4) is 0 Å². The number of nitrogens with one attached hydrogen (secondary N) is 1. The van der Waals surface area contributed by atoms with Crippen molar-refractivity contribution in [2.75, 3.05) is 33.6 Å². The molecule has 1 aromatic heterocycles. The predicted molar refractivity (Wildman–Crippen MR) is 132 cm³/mol. The number of hydrogen-bond donors (Lipinski definition) is 1. The standard InChI is InChI=1S/C27H29N3O7/c1-33-20-5-2-4-19(13-20)24-14-22(29-37-24)27(32)30(16-21-6-3-11-34-21)10-9-26(31)28-15-18-7-8-23-25(12-18)36-17-35-23/h2,4-5,7-8,12-14,21H,3,6,9-11,15-17H2,1H3,(H,28,31). The molecule has 1 N–H and O–H groups in total. The number of amides is 2. The van der Waals surface area contributed by atoms with E-state index in [1.54, 1.807) is 18.1 Å². The molecular weight excluding hydrogens is 478 g/mol. The van der Waals surface area contributed by atoms with Gasteiger partial charge in [0.25, 0.3) is 5.91 Å². The summed E-state index contributed by atoms with van der Waals surface area (Å²) < 4.78 is 27.2. The Labute approximate surface area is 214 Å². The molecule has 0 spiro atoms. The molecule has 0 radical (unpaired) electrons. The maximum atomic E-state index is 13.4. The normalized spacial score (nSPS) is 16.0. The third-order valence-electron chi connectivity index (χ3n) is 6.35. The Morgan fingerprint density at radius 3 is 2.86 bits per heavy atom. The SMILES string of the molecule is COc1cccc(-c2cc(C(=O)N(CCC(=O)NCc3ccc4c(c3)OCO4)CC3CCCO3)no2)c1. The Hall–Kier alpha value is -4.05. The van der Waals surface area contributed by atoms with E-state index >= 15 is 0 Å². The van der Waals surface area contributed by atoms with Crippen LogP contribution in [0.15, 0.2) is 53.1 Å². The van der Waals surface area contributed by atoms with Gasteiger partial charge in [0.05, 0.1) is 13.2 Å². The first-order valence-corrected chi connectivity index (χ1v) is 12.3. The van der Waals surface area contributed by atoms with E-state index < -0.39 is 0 Å². The number of methoxy groups -OCH3 is 1. The van der Waals surface area contributed by atoms with Gasteiger partial charge in [-0.3, -0.25) is 9.59 Å². The van der Waals surface area contributed by atoms with E-state index in [-0.39, 0.29) is 43.4 Å². The highest BCUT2D eigenvalue weighted by Gasteiger charge is 2.26. The van der Waals surface area contributed by atoms with Gasteiger partial charge in [0.15, 0.2) is 23.0 Å². The average molecular weight is 508 g/mol. The molecule has 0 aliphatic carbocycles. The lowest BCUT2D eigenvalue weighted by molar-refractivity contribution is -0.121. The molecule has 2 aliphatic rings. The van der Waals surface area contributed by atoms with Gasteiger partial charge in [-0.2, -0.15) is 0 Å². The Morgan fingerprint density at radius 2 is 2.03 bits per heavy atom. The fourth-order valence-electron chi connectivity index (χ4n) is 4.34.